The maximum absolute atomic E-state index is 9.26. The van der Waals surface area contributed by atoms with Crippen molar-refractivity contribution in [3.8, 4) is 17.6 Å². The molecule has 0 aliphatic carbocycles. The Hall–Kier alpha value is -1.73. The third kappa shape index (κ3) is 4.46. The number of nitriles is 1. The van der Waals surface area contributed by atoms with Gasteiger partial charge >= 0.3 is 0 Å². The molecule has 0 amide bonds. The van der Waals surface area contributed by atoms with E-state index < -0.39 is 0 Å². The summed E-state index contributed by atoms with van der Waals surface area (Å²) in [6, 6.07) is 7.54. The van der Waals surface area contributed by atoms with Crippen molar-refractivity contribution < 1.29 is 9.47 Å². The summed E-state index contributed by atoms with van der Waals surface area (Å²) in [4.78, 5) is 0. The van der Waals surface area contributed by atoms with Crippen LogP contribution in [0.4, 0.5) is 0 Å². The summed E-state index contributed by atoms with van der Waals surface area (Å²) in [6.45, 7) is 7.51. The van der Waals surface area contributed by atoms with Crippen LogP contribution in [0.5, 0.6) is 11.5 Å². The first kappa shape index (κ1) is 15.3. The van der Waals surface area contributed by atoms with Gasteiger partial charge in [0.2, 0.25) is 0 Å². The average Bonchev–Trinajstić information content (AvgIpc) is 2.40. The molecule has 1 aromatic carbocycles. The molecule has 1 N–H and O–H groups in total. The van der Waals surface area contributed by atoms with Crippen LogP contribution in [0.2, 0.25) is 0 Å². The molecule has 1 atom stereocenters. The van der Waals surface area contributed by atoms with Crippen LogP contribution in [0.1, 0.15) is 32.4 Å². The third-order valence-corrected chi connectivity index (χ3v) is 2.68. The van der Waals surface area contributed by atoms with Crippen LogP contribution in [-0.2, 0) is 0 Å². The fraction of sp³-hybridized carbons (Fsp3) is 0.533. The number of rotatable bonds is 7. The minimum absolute atomic E-state index is 0.326. The van der Waals surface area contributed by atoms with Gasteiger partial charge in [0, 0.05) is 0 Å². The number of hydrogen-bond acceptors (Lipinski definition) is 4. The Bertz CT molecular complexity index is 438. The molecule has 0 bridgehead atoms. The lowest BCUT2D eigenvalue weighted by atomic mass is 10.1. The van der Waals surface area contributed by atoms with Crippen LogP contribution < -0.4 is 14.8 Å². The summed E-state index contributed by atoms with van der Waals surface area (Å²) >= 11 is 0. The normalized spacial score (nSPS) is 12.0. The Labute approximate surface area is 115 Å². The molecule has 0 aliphatic heterocycles. The third-order valence-electron chi connectivity index (χ3n) is 2.68. The van der Waals surface area contributed by atoms with Crippen LogP contribution in [0, 0.1) is 17.2 Å². The lowest BCUT2D eigenvalue weighted by Crippen LogP contribution is -2.24. The molecule has 0 radical (unpaired) electrons. The lowest BCUT2D eigenvalue weighted by molar-refractivity contribution is 0.310. The van der Waals surface area contributed by atoms with Gasteiger partial charge < -0.3 is 9.47 Å². The Morgan fingerprint density at radius 3 is 2.58 bits per heavy atom. The van der Waals surface area contributed by atoms with Gasteiger partial charge in [-0.25, -0.2) is 0 Å². The zero-order valence-corrected chi connectivity index (χ0v) is 12.1. The van der Waals surface area contributed by atoms with E-state index in [1.807, 2.05) is 25.1 Å². The topological polar surface area (TPSA) is 54.3 Å². The Kier molecular flexibility index (Phi) is 6.17. The first-order chi connectivity index (χ1) is 9.12. The highest BCUT2D eigenvalue weighted by atomic mass is 16.5. The standard InChI is InChI=1S/C15H22N2O2/c1-5-19-15-8-12(6-7-14(15)18-4)13(9-16)17-10-11(2)3/h6-8,11,13,17H,5,10H2,1-4H3. The minimum atomic E-state index is -0.326. The Balaban J connectivity index is 2.92. The predicted octanol–water partition coefficient (Wildman–Crippen LogP) is 2.90. The SMILES string of the molecule is CCOc1cc(C(C#N)NCC(C)C)ccc1OC. The van der Waals surface area contributed by atoms with Crippen molar-refractivity contribution in [1.82, 2.24) is 5.32 Å². The summed E-state index contributed by atoms with van der Waals surface area (Å²) in [5.74, 6) is 1.86. The largest absolute Gasteiger partial charge is 0.493 e. The summed E-state index contributed by atoms with van der Waals surface area (Å²) < 4.78 is 10.8. The molecular formula is C15H22N2O2. The molecule has 104 valence electrons. The smallest absolute Gasteiger partial charge is 0.161 e. The van der Waals surface area contributed by atoms with E-state index in [-0.39, 0.29) is 6.04 Å². The average molecular weight is 262 g/mol. The first-order valence-corrected chi connectivity index (χ1v) is 6.56. The monoisotopic (exact) mass is 262 g/mol. The van der Waals surface area contributed by atoms with Crippen LogP contribution in [-0.4, -0.2) is 20.3 Å². The van der Waals surface area contributed by atoms with Crippen LogP contribution >= 0.6 is 0 Å². The number of nitrogens with one attached hydrogen (secondary N) is 1. The second-order valence-corrected chi connectivity index (χ2v) is 4.71. The van der Waals surface area contributed by atoms with Gasteiger partial charge in [-0.15, -0.1) is 0 Å². The fourth-order valence-corrected chi connectivity index (χ4v) is 1.73. The van der Waals surface area contributed by atoms with E-state index in [1.54, 1.807) is 7.11 Å². The van der Waals surface area contributed by atoms with Gasteiger partial charge in [0.1, 0.15) is 6.04 Å². The van der Waals surface area contributed by atoms with E-state index >= 15 is 0 Å². The summed E-state index contributed by atoms with van der Waals surface area (Å²) in [5, 5.41) is 12.5. The molecule has 1 aromatic rings. The number of methoxy groups -OCH3 is 1. The fourth-order valence-electron chi connectivity index (χ4n) is 1.73. The van der Waals surface area contributed by atoms with E-state index in [1.165, 1.54) is 0 Å². The van der Waals surface area contributed by atoms with Crippen molar-refractivity contribution in [3.63, 3.8) is 0 Å². The van der Waals surface area contributed by atoms with Gasteiger partial charge in [-0.1, -0.05) is 19.9 Å². The quantitative estimate of drug-likeness (QED) is 0.821. The molecule has 0 saturated carbocycles. The van der Waals surface area contributed by atoms with E-state index in [9.17, 15) is 5.26 Å². The van der Waals surface area contributed by atoms with Crippen molar-refractivity contribution in [2.24, 2.45) is 5.92 Å². The summed E-state index contributed by atoms with van der Waals surface area (Å²) in [6.07, 6.45) is 0. The van der Waals surface area contributed by atoms with Crippen LogP contribution in [0.3, 0.4) is 0 Å². The lowest BCUT2D eigenvalue weighted by Gasteiger charge is -2.16. The molecule has 19 heavy (non-hydrogen) atoms. The second kappa shape index (κ2) is 7.65. The van der Waals surface area contributed by atoms with Crippen molar-refractivity contribution in [1.29, 1.82) is 5.26 Å². The van der Waals surface area contributed by atoms with Gasteiger partial charge in [0.05, 0.1) is 19.8 Å². The highest BCUT2D eigenvalue weighted by molar-refractivity contribution is 5.44. The highest BCUT2D eigenvalue weighted by Crippen LogP contribution is 2.30. The molecule has 4 heteroatoms. The second-order valence-electron chi connectivity index (χ2n) is 4.71. The summed E-state index contributed by atoms with van der Waals surface area (Å²) in [5.41, 5.74) is 0.896. The van der Waals surface area contributed by atoms with Crippen LogP contribution in [0.15, 0.2) is 18.2 Å². The number of hydrogen-bond donors (Lipinski definition) is 1. The molecule has 0 aliphatic rings. The molecular weight excluding hydrogens is 240 g/mol. The Morgan fingerprint density at radius 2 is 2.05 bits per heavy atom. The molecule has 1 unspecified atom stereocenters. The van der Waals surface area contributed by atoms with Gasteiger partial charge in [0.25, 0.3) is 0 Å². The molecule has 0 spiro atoms. The predicted molar refractivity (Wildman–Crippen MR) is 75.4 cm³/mol. The van der Waals surface area contributed by atoms with E-state index in [0.29, 0.717) is 24.0 Å². The molecule has 1 rings (SSSR count). The van der Waals surface area contributed by atoms with Crippen molar-refractivity contribution >= 4 is 0 Å². The molecule has 0 fully saturated rings. The number of benzene rings is 1. The number of ether oxygens (including phenoxy) is 2. The molecule has 4 nitrogen and oxygen atoms in total. The number of nitrogens with zero attached hydrogens (tertiary/aromatic N) is 1. The van der Waals surface area contributed by atoms with Gasteiger partial charge in [-0.2, -0.15) is 5.26 Å². The van der Waals surface area contributed by atoms with Crippen LogP contribution in [0.25, 0.3) is 0 Å². The van der Waals surface area contributed by atoms with Gasteiger partial charge in [-0.05, 0) is 37.1 Å². The highest BCUT2D eigenvalue weighted by Gasteiger charge is 2.13. The van der Waals surface area contributed by atoms with E-state index in [2.05, 4.69) is 25.2 Å². The van der Waals surface area contributed by atoms with E-state index in [0.717, 1.165) is 12.1 Å². The summed E-state index contributed by atoms with van der Waals surface area (Å²) in [7, 11) is 1.61. The molecule has 0 saturated heterocycles. The van der Waals surface area contributed by atoms with Gasteiger partial charge in [-0.3, -0.25) is 5.32 Å². The van der Waals surface area contributed by atoms with Gasteiger partial charge in [0.15, 0.2) is 11.5 Å². The van der Waals surface area contributed by atoms with Crippen molar-refractivity contribution in [2.75, 3.05) is 20.3 Å². The maximum Gasteiger partial charge on any atom is 0.161 e. The zero-order chi connectivity index (χ0) is 14.3. The van der Waals surface area contributed by atoms with Crippen molar-refractivity contribution in [3.05, 3.63) is 23.8 Å². The molecule has 0 aromatic heterocycles. The molecule has 0 heterocycles. The van der Waals surface area contributed by atoms with Crippen molar-refractivity contribution in [2.45, 2.75) is 26.8 Å². The maximum atomic E-state index is 9.26. The minimum Gasteiger partial charge on any atom is -0.493 e. The van der Waals surface area contributed by atoms with E-state index in [4.69, 9.17) is 9.47 Å². The first-order valence-electron chi connectivity index (χ1n) is 6.56. The zero-order valence-electron chi connectivity index (χ0n) is 12.1. The Morgan fingerprint density at radius 1 is 1.32 bits per heavy atom.